The van der Waals surface area contributed by atoms with Gasteiger partial charge in [-0.15, -0.1) is 0 Å². The number of anilines is 1. The zero-order valence-electron chi connectivity index (χ0n) is 15.2. The third kappa shape index (κ3) is 5.13. The second-order valence-corrected chi connectivity index (χ2v) is 8.45. The van der Waals surface area contributed by atoms with Crippen LogP contribution < -0.4 is 10.6 Å². The third-order valence-corrected chi connectivity index (χ3v) is 6.12. The van der Waals surface area contributed by atoms with E-state index in [2.05, 4.69) is 10.6 Å². The summed E-state index contributed by atoms with van der Waals surface area (Å²) in [6.45, 7) is 4.39. The molecule has 0 spiro atoms. The molecule has 6 nitrogen and oxygen atoms in total. The fourth-order valence-corrected chi connectivity index (χ4v) is 3.75. The van der Waals surface area contributed by atoms with Gasteiger partial charge in [0.05, 0.1) is 10.9 Å². The van der Waals surface area contributed by atoms with E-state index < -0.39 is 32.9 Å². The number of carbonyl (C=O) groups excluding carboxylic acids is 2. The number of halogens is 1. The molecule has 2 unspecified atom stereocenters. The highest BCUT2D eigenvalue weighted by molar-refractivity contribution is 7.92. The molecule has 144 valence electrons. The largest absolute Gasteiger partial charge is 0.348 e. The second-order valence-electron chi connectivity index (χ2n) is 6.18. The van der Waals surface area contributed by atoms with Crippen LogP contribution in [0.15, 0.2) is 53.4 Å². The van der Waals surface area contributed by atoms with Crippen LogP contribution in [-0.4, -0.2) is 25.5 Å². The zero-order chi connectivity index (χ0) is 20.2. The Morgan fingerprint density at radius 3 is 2.26 bits per heavy atom. The first-order valence-corrected chi connectivity index (χ1v) is 9.83. The van der Waals surface area contributed by atoms with Crippen LogP contribution in [0.25, 0.3) is 0 Å². The van der Waals surface area contributed by atoms with Gasteiger partial charge in [-0.25, -0.2) is 12.8 Å². The second kappa shape index (κ2) is 8.30. The van der Waals surface area contributed by atoms with Crippen molar-refractivity contribution in [2.24, 2.45) is 0 Å². The van der Waals surface area contributed by atoms with Crippen molar-refractivity contribution in [3.05, 3.63) is 59.9 Å². The lowest BCUT2D eigenvalue weighted by Gasteiger charge is -2.19. The summed E-state index contributed by atoms with van der Waals surface area (Å²) < 4.78 is 38.1. The van der Waals surface area contributed by atoms with Gasteiger partial charge in [-0.3, -0.25) is 9.59 Å². The zero-order valence-corrected chi connectivity index (χ0v) is 16.0. The molecule has 2 aromatic carbocycles. The summed E-state index contributed by atoms with van der Waals surface area (Å²) in [6, 6.07) is 10.8. The van der Waals surface area contributed by atoms with E-state index in [0.717, 1.165) is 24.3 Å². The van der Waals surface area contributed by atoms with Crippen LogP contribution in [0.2, 0.25) is 0 Å². The Balaban J connectivity index is 2.13. The van der Waals surface area contributed by atoms with Crippen molar-refractivity contribution in [2.75, 3.05) is 5.32 Å². The molecule has 0 saturated heterocycles. The number of hydrogen-bond acceptors (Lipinski definition) is 4. The van der Waals surface area contributed by atoms with Crippen molar-refractivity contribution in [3.8, 4) is 0 Å². The van der Waals surface area contributed by atoms with Gasteiger partial charge in [0, 0.05) is 12.6 Å². The van der Waals surface area contributed by atoms with Crippen molar-refractivity contribution in [2.45, 2.75) is 37.0 Å². The van der Waals surface area contributed by atoms with Crippen molar-refractivity contribution in [3.63, 3.8) is 0 Å². The van der Waals surface area contributed by atoms with Crippen molar-refractivity contribution >= 4 is 27.3 Å². The van der Waals surface area contributed by atoms with Crippen LogP contribution in [0, 0.1) is 5.82 Å². The minimum atomic E-state index is -3.94. The molecule has 0 aliphatic rings. The van der Waals surface area contributed by atoms with Gasteiger partial charge in [-0.05, 0) is 55.8 Å². The first kappa shape index (κ1) is 20.6. The predicted octanol–water partition coefficient (Wildman–Crippen LogP) is 2.82. The van der Waals surface area contributed by atoms with E-state index in [-0.39, 0.29) is 10.8 Å². The molecule has 0 saturated carbocycles. The maximum atomic E-state index is 13.0. The minimum absolute atomic E-state index is 0.119. The molecule has 0 bridgehead atoms. The van der Waals surface area contributed by atoms with Crippen LogP contribution in [0.3, 0.4) is 0 Å². The van der Waals surface area contributed by atoms with Crippen LogP contribution in [0.4, 0.5) is 10.1 Å². The van der Waals surface area contributed by atoms with Gasteiger partial charge in [0.2, 0.25) is 11.8 Å². The molecule has 0 aliphatic carbocycles. The maximum Gasteiger partial charge on any atom is 0.238 e. The molecule has 2 amide bonds. The Hall–Kier alpha value is -2.74. The standard InChI is InChI=1S/C19H21FN2O4S/c1-12(15-5-4-6-17(11-15)22-14(3)23)21-19(24)13(2)27(25,26)18-9-7-16(20)8-10-18/h4-13H,1-3H3,(H,21,24)(H,22,23). The highest BCUT2D eigenvalue weighted by atomic mass is 32.2. The van der Waals surface area contributed by atoms with Crippen LogP contribution in [0.1, 0.15) is 32.4 Å². The lowest BCUT2D eigenvalue weighted by atomic mass is 10.1. The lowest BCUT2D eigenvalue weighted by molar-refractivity contribution is -0.121. The number of benzene rings is 2. The first-order valence-electron chi connectivity index (χ1n) is 8.28. The molecule has 8 heteroatoms. The highest BCUT2D eigenvalue weighted by Crippen LogP contribution is 2.20. The van der Waals surface area contributed by atoms with Gasteiger partial charge in [0.15, 0.2) is 9.84 Å². The molecule has 2 atom stereocenters. The average Bonchev–Trinajstić information content (AvgIpc) is 2.61. The van der Waals surface area contributed by atoms with Gasteiger partial charge < -0.3 is 10.6 Å². The molecule has 0 heterocycles. The van der Waals surface area contributed by atoms with E-state index in [1.165, 1.54) is 13.8 Å². The van der Waals surface area contributed by atoms with E-state index in [0.29, 0.717) is 11.3 Å². The molecule has 0 radical (unpaired) electrons. The summed E-state index contributed by atoms with van der Waals surface area (Å²) >= 11 is 0. The Labute approximate surface area is 157 Å². The number of nitrogens with one attached hydrogen (secondary N) is 2. The van der Waals surface area contributed by atoms with Crippen molar-refractivity contribution in [1.29, 1.82) is 0 Å². The topological polar surface area (TPSA) is 92.3 Å². The van der Waals surface area contributed by atoms with E-state index in [1.807, 2.05) is 0 Å². The third-order valence-electron chi connectivity index (χ3n) is 4.04. The van der Waals surface area contributed by atoms with E-state index in [4.69, 9.17) is 0 Å². The molecule has 0 aliphatic heterocycles. The summed E-state index contributed by atoms with van der Waals surface area (Å²) in [7, 11) is -3.94. The summed E-state index contributed by atoms with van der Waals surface area (Å²) in [5.41, 5.74) is 1.29. The monoisotopic (exact) mass is 392 g/mol. The van der Waals surface area contributed by atoms with Gasteiger partial charge >= 0.3 is 0 Å². The molecule has 2 aromatic rings. The van der Waals surface area contributed by atoms with Crippen LogP contribution >= 0.6 is 0 Å². The number of rotatable bonds is 6. The molecule has 2 rings (SSSR count). The Kier molecular flexibility index (Phi) is 6.32. The molecule has 0 fully saturated rings. The van der Waals surface area contributed by atoms with Crippen molar-refractivity contribution in [1.82, 2.24) is 5.32 Å². The van der Waals surface area contributed by atoms with Crippen LogP contribution in [0.5, 0.6) is 0 Å². The number of carbonyl (C=O) groups is 2. The first-order chi connectivity index (χ1) is 12.6. The summed E-state index contributed by atoms with van der Waals surface area (Å²) in [5, 5.41) is 3.96. The number of sulfone groups is 1. The normalized spacial score (nSPS) is 13.5. The van der Waals surface area contributed by atoms with Gasteiger partial charge in [0.25, 0.3) is 0 Å². The SMILES string of the molecule is CC(=O)Nc1cccc(C(C)NC(=O)C(C)S(=O)(=O)c2ccc(F)cc2)c1. The maximum absolute atomic E-state index is 13.0. The number of hydrogen-bond donors (Lipinski definition) is 2. The molecule has 0 aromatic heterocycles. The highest BCUT2D eigenvalue weighted by Gasteiger charge is 2.30. The molecule has 27 heavy (non-hydrogen) atoms. The van der Waals surface area contributed by atoms with E-state index in [9.17, 15) is 22.4 Å². The van der Waals surface area contributed by atoms with Gasteiger partial charge in [-0.1, -0.05) is 12.1 Å². The van der Waals surface area contributed by atoms with E-state index >= 15 is 0 Å². The van der Waals surface area contributed by atoms with E-state index in [1.54, 1.807) is 31.2 Å². The Morgan fingerprint density at radius 2 is 1.67 bits per heavy atom. The quantitative estimate of drug-likeness (QED) is 0.740. The summed E-state index contributed by atoms with van der Waals surface area (Å²) in [5.74, 6) is -1.45. The lowest BCUT2D eigenvalue weighted by Crippen LogP contribution is -2.39. The fourth-order valence-electron chi connectivity index (χ4n) is 2.47. The molecule has 2 N–H and O–H groups in total. The smallest absolute Gasteiger partial charge is 0.238 e. The number of amides is 2. The van der Waals surface area contributed by atoms with Crippen molar-refractivity contribution < 1.29 is 22.4 Å². The minimum Gasteiger partial charge on any atom is -0.348 e. The predicted molar refractivity (Wildman–Crippen MR) is 100 cm³/mol. The Morgan fingerprint density at radius 1 is 1.04 bits per heavy atom. The van der Waals surface area contributed by atoms with Gasteiger partial charge in [-0.2, -0.15) is 0 Å². The van der Waals surface area contributed by atoms with Crippen LogP contribution in [-0.2, 0) is 19.4 Å². The molecular formula is C19H21FN2O4S. The Bertz CT molecular complexity index is 942. The average molecular weight is 392 g/mol. The van der Waals surface area contributed by atoms with Gasteiger partial charge in [0.1, 0.15) is 11.1 Å². The summed E-state index contributed by atoms with van der Waals surface area (Å²) in [6.07, 6.45) is 0. The fraction of sp³-hybridized carbons (Fsp3) is 0.263. The molecular weight excluding hydrogens is 371 g/mol. The summed E-state index contributed by atoms with van der Waals surface area (Å²) in [4.78, 5) is 23.5.